The Labute approximate surface area is 108 Å². The molecule has 3 nitrogen and oxygen atoms in total. The second-order valence-corrected chi connectivity index (χ2v) is 5.39. The third kappa shape index (κ3) is 2.44. The summed E-state index contributed by atoms with van der Waals surface area (Å²) in [5.74, 6) is 0.611. The summed E-state index contributed by atoms with van der Waals surface area (Å²) >= 11 is 0. The monoisotopic (exact) mass is 247 g/mol. The molecule has 2 fully saturated rings. The van der Waals surface area contributed by atoms with E-state index in [1.165, 1.54) is 12.0 Å². The van der Waals surface area contributed by atoms with E-state index in [1.54, 1.807) is 0 Å². The minimum Gasteiger partial charge on any atom is -0.391 e. The highest BCUT2D eigenvalue weighted by atomic mass is 16.5. The van der Waals surface area contributed by atoms with Crippen molar-refractivity contribution in [1.82, 2.24) is 4.90 Å². The first kappa shape index (κ1) is 12.2. The molecule has 1 aromatic carbocycles. The highest BCUT2D eigenvalue weighted by Crippen LogP contribution is 2.30. The number of hydrogen-bond acceptors (Lipinski definition) is 3. The maximum atomic E-state index is 10.1. The summed E-state index contributed by atoms with van der Waals surface area (Å²) in [7, 11) is 0. The maximum Gasteiger partial charge on any atom is 0.0739 e. The van der Waals surface area contributed by atoms with Gasteiger partial charge in [0, 0.05) is 13.2 Å². The van der Waals surface area contributed by atoms with Gasteiger partial charge in [-0.25, -0.2) is 0 Å². The summed E-state index contributed by atoms with van der Waals surface area (Å²) < 4.78 is 5.50. The van der Waals surface area contributed by atoms with E-state index in [2.05, 4.69) is 35.2 Å². The van der Waals surface area contributed by atoms with Gasteiger partial charge in [0.15, 0.2) is 0 Å². The number of hydrogen-bond donors (Lipinski definition) is 1. The third-order valence-corrected chi connectivity index (χ3v) is 4.25. The van der Waals surface area contributed by atoms with Gasteiger partial charge in [0.1, 0.15) is 0 Å². The van der Waals surface area contributed by atoms with Crippen molar-refractivity contribution in [3.8, 4) is 0 Å². The van der Waals surface area contributed by atoms with Gasteiger partial charge in [0.2, 0.25) is 0 Å². The van der Waals surface area contributed by atoms with Gasteiger partial charge in [-0.3, -0.25) is 4.90 Å². The molecular formula is C15H21NO2. The van der Waals surface area contributed by atoms with E-state index in [0.717, 1.165) is 19.5 Å². The third-order valence-electron chi connectivity index (χ3n) is 4.25. The Morgan fingerprint density at radius 1 is 1.17 bits per heavy atom. The molecule has 0 amide bonds. The number of nitrogens with zero attached hydrogens (tertiary/aromatic N) is 1. The van der Waals surface area contributed by atoms with Crippen molar-refractivity contribution in [1.29, 1.82) is 0 Å². The minimum absolute atomic E-state index is 0.201. The summed E-state index contributed by atoms with van der Waals surface area (Å²) in [6, 6.07) is 10.9. The highest BCUT2D eigenvalue weighted by molar-refractivity contribution is 5.21. The van der Waals surface area contributed by atoms with Gasteiger partial charge in [-0.05, 0) is 30.9 Å². The van der Waals surface area contributed by atoms with Crippen molar-refractivity contribution >= 4 is 0 Å². The summed E-state index contributed by atoms with van der Waals surface area (Å²) in [6.07, 6.45) is 1.75. The van der Waals surface area contributed by atoms with Crippen LogP contribution in [0.1, 0.15) is 24.3 Å². The van der Waals surface area contributed by atoms with Gasteiger partial charge in [0.05, 0.1) is 18.8 Å². The zero-order valence-electron chi connectivity index (χ0n) is 10.7. The molecule has 2 aliphatic rings. The number of rotatable bonds is 2. The molecule has 0 bridgehead atoms. The van der Waals surface area contributed by atoms with E-state index in [9.17, 15) is 5.11 Å². The SMILES string of the molecule is OC1CCOCC1N1CCC(c2ccccc2)C1. The molecule has 0 spiro atoms. The Balaban J connectivity index is 1.64. The zero-order valence-corrected chi connectivity index (χ0v) is 10.7. The predicted molar refractivity (Wildman–Crippen MR) is 70.6 cm³/mol. The number of ether oxygens (including phenoxy) is 1. The zero-order chi connectivity index (χ0) is 12.4. The van der Waals surface area contributed by atoms with Gasteiger partial charge < -0.3 is 9.84 Å². The fourth-order valence-electron chi connectivity index (χ4n) is 3.15. The van der Waals surface area contributed by atoms with Crippen molar-refractivity contribution in [2.45, 2.75) is 30.9 Å². The van der Waals surface area contributed by atoms with E-state index in [4.69, 9.17) is 4.74 Å². The number of aliphatic hydroxyl groups excluding tert-OH is 1. The van der Waals surface area contributed by atoms with Gasteiger partial charge in [-0.2, -0.15) is 0 Å². The van der Waals surface area contributed by atoms with Crippen LogP contribution in [-0.2, 0) is 4.74 Å². The molecule has 2 saturated heterocycles. The van der Waals surface area contributed by atoms with Crippen molar-refractivity contribution in [3.63, 3.8) is 0 Å². The number of benzene rings is 1. The molecule has 0 aliphatic carbocycles. The van der Waals surface area contributed by atoms with Crippen LogP contribution in [0.3, 0.4) is 0 Å². The fourth-order valence-corrected chi connectivity index (χ4v) is 3.15. The largest absolute Gasteiger partial charge is 0.391 e. The minimum atomic E-state index is -0.215. The molecule has 1 aromatic rings. The Morgan fingerprint density at radius 2 is 2.00 bits per heavy atom. The van der Waals surface area contributed by atoms with E-state index in [-0.39, 0.29) is 12.1 Å². The molecule has 2 aliphatic heterocycles. The van der Waals surface area contributed by atoms with E-state index >= 15 is 0 Å². The van der Waals surface area contributed by atoms with Crippen LogP contribution in [0, 0.1) is 0 Å². The summed E-state index contributed by atoms with van der Waals surface area (Å²) in [5, 5.41) is 10.1. The van der Waals surface area contributed by atoms with Crippen LogP contribution in [0.25, 0.3) is 0 Å². The van der Waals surface area contributed by atoms with Crippen molar-refractivity contribution in [3.05, 3.63) is 35.9 Å². The lowest BCUT2D eigenvalue weighted by Gasteiger charge is -2.35. The summed E-state index contributed by atoms with van der Waals surface area (Å²) in [5.41, 5.74) is 1.42. The van der Waals surface area contributed by atoms with Crippen molar-refractivity contribution in [2.24, 2.45) is 0 Å². The van der Waals surface area contributed by atoms with Crippen LogP contribution < -0.4 is 0 Å². The molecule has 3 atom stereocenters. The molecular weight excluding hydrogens is 226 g/mol. The van der Waals surface area contributed by atoms with Gasteiger partial charge >= 0.3 is 0 Å². The second-order valence-electron chi connectivity index (χ2n) is 5.39. The molecule has 0 saturated carbocycles. The summed E-state index contributed by atoms with van der Waals surface area (Å²) in [6.45, 7) is 3.51. The van der Waals surface area contributed by atoms with Crippen LogP contribution in [0.2, 0.25) is 0 Å². The standard InChI is InChI=1S/C15H21NO2/c17-15-7-9-18-11-14(15)16-8-6-13(10-16)12-4-2-1-3-5-12/h1-5,13-15,17H,6-11H2. The van der Waals surface area contributed by atoms with Gasteiger partial charge in [0.25, 0.3) is 0 Å². The molecule has 98 valence electrons. The van der Waals surface area contributed by atoms with Gasteiger partial charge in [-0.15, -0.1) is 0 Å². The van der Waals surface area contributed by atoms with Gasteiger partial charge in [-0.1, -0.05) is 30.3 Å². The lowest BCUT2D eigenvalue weighted by molar-refractivity contribution is -0.0552. The maximum absolute atomic E-state index is 10.1. The lowest BCUT2D eigenvalue weighted by atomic mass is 9.98. The van der Waals surface area contributed by atoms with Crippen LogP contribution in [0.15, 0.2) is 30.3 Å². The van der Waals surface area contributed by atoms with Crippen LogP contribution in [0.4, 0.5) is 0 Å². The van der Waals surface area contributed by atoms with Crippen LogP contribution >= 0.6 is 0 Å². The first-order valence-electron chi connectivity index (χ1n) is 6.89. The quantitative estimate of drug-likeness (QED) is 0.862. The predicted octanol–water partition coefficient (Wildman–Crippen LogP) is 1.63. The van der Waals surface area contributed by atoms with E-state index in [0.29, 0.717) is 19.1 Å². The van der Waals surface area contributed by atoms with Crippen LogP contribution in [0.5, 0.6) is 0 Å². The van der Waals surface area contributed by atoms with Crippen LogP contribution in [-0.4, -0.2) is 48.5 Å². The molecule has 18 heavy (non-hydrogen) atoms. The summed E-state index contributed by atoms with van der Waals surface area (Å²) in [4.78, 5) is 2.40. The normalized spacial score (nSPS) is 33.7. The molecule has 3 heteroatoms. The van der Waals surface area contributed by atoms with Crippen molar-refractivity contribution < 1.29 is 9.84 Å². The Kier molecular flexibility index (Phi) is 3.64. The molecule has 0 radical (unpaired) electrons. The first-order chi connectivity index (χ1) is 8.84. The average Bonchev–Trinajstić information content (AvgIpc) is 2.90. The smallest absolute Gasteiger partial charge is 0.0739 e. The van der Waals surface area contributed by atoms with E-state index < -0.39 is 0 Å². The topological polar surface area (TPSA) is 32.7 Å². The van der Waals surface area contributed by atoms with E-state index in [1.807, 2.05) is 0 Å². The Hall–Kier alpha value is -0.900. The Morgan fingerprint density at radius 3 is 2.78 bits per heavy atom. The Bertz CT molecular complexity index is 381. The fraction of sp³-hybridized carbons (Fsp3) is 0.600. The lowest BCUT2D eigenvalue weighted by Crippen LogP contribution is -2.48. The molecule has 1 N–H and O–H groups in total. The molecule has 3 unspecified atom stereocenters. The number of aliphatic hydroxyl groups is 1. The molecule has 3 rings (SSSR count). The average molecular weight is 247 g/mol. The highest BCUT2D eigenvalue weighted by Gasteiger charge is 2.34. The second kappa shape index (κ2) is 5.39. The molecule has 0 aromatic heterocycles. The molecule has 2 heterocycles. The number of likely N-dealkylation sites (tertiary alicyclic amines) is 1. The first-order valence-corrected chi connectivity index (χ1v) is 6.89. The van der Waals surface area contributed by atoms with Crippen molar-refractivity contribution in [2.75, 3.05) is 26.3 Å².